The molecule has 0 radical (unpaired) electrons. The number of fused-ring (bicyclic) bond motifs is 2. The average molecular weight is 506 g/mol. The highest BCUT2D eigenvalue weighted by Gasteiger charge is 2.21. The van der Waals surface area contributed by atoms with Gasteiger partial charge >= 0.3 is 0 Å². The van der Waals surface area contributed by atoms with E-state index in [2.05, 4.69) is 48.0 Å². The molecular formula is C29H32ClN3OS. The highest BCUT2D eigenvalue weighted by atomic mass is 35.5. The molecule has 2 aliphatic rings. The van der Waals surface area contributed by atoms with Crippen molar-refractivity contribution in [3.05, 3.63) is 86.3 Å². The van der Waals surface area contributed by atoms with Crippen molar-refractivity contribution < 1.29 is 0 Å². The van der Waals surface area contributed by atoms with E-state index in [9.17, 15) is 4.79 Å². The van der Waals surface area contributed by atoms with Gasteiger partial charge in [-0.05, 0) is 92.1 Å². The van der Waals surface area contributed by atoms with Crippen molar-refractivity contribution in [1.82, 2.24) is 14.5 Å². The molecular weight excluding hydrogens is 474 g/mol. The summed E-state index contributed by atoms with van der Waals surface area (Å²) in [5.41, 5.74) is 5.52. The number of aromatic nitrogens is 2. The van der Waals surface area contributed by atoms with Gasteiger partial charge in [-0.25, -0.2) is 4.98 Å². The van der Waals surface area contributed by atoms with Crippen LogP contribution in [0, 0.1) is 5.92 Å². The maximum atomic E-state index is 13.4. The van der Waals surface area contributed by atoms with Gasteiger partial charge in [-0.3, -0.25) is 9.36 Å². The van der Waals surface area contributed by atoms with E-state index in [0.717, 1.165) is 52.5 Å². The Hall–Kier alpha value is -2.47. The molecule has 0 spiro atoms. The predicted molar refractivity (Wildman–Crippen MR) is 149 cm³/mol. The Kier molecular flexibility index (Phi) is 7.37. The van der Waals surface area contributed by atoms with Crippen molar-refractivity contribution >= 4 is 38.7 Å². The second-order valence-electron chi connectivity index (χ2n) is 9.52. The number of nitrogens with zero attached hydrogens (tertiary/aromatic N) is 3. The maximum Gasteiger partial charge on any atom is 0.275 e. The molecule has 182 valence electrons. The van der Waals surface area contributed by atoms with Gasteiger partial charge < -0.3 is 4.90 Å². The summed E-state index contributed by atoms with van der Waals surface area (Å²) in [5.74, 6) is 0.711. The zero-order valence-electron chi connectivity index (χ0n) is 20.5. The Bertz CT molecular complexity index is 1380. The molecule has 0 amide bonds. The molecule has 2 aromatic heterocycles. The van der Waals surface area contributed by atoms with Crippen LogP contribution in [0.15, 0.2) is 64.7 Å². The number of aryl methyl sites for hydroxylation is 1. The first-order valence-corrected chi connectivity index (χ1v) is 13.8. The summed E-state index contributed by atoms with van der Waals surface area (Å²) >= 11 is 7.65. The van der Waals surface area contributed by atoms with Crippen molar-refractivity contribution in [3.8, 4) is 5.69 Å². The van der Waals surface area contributed by atoms with Crippen LogP contribution in [0.25, 0.3) is 21.5 Å². The first-order chi connectivity index (χ1) is 17.1. The summed E-state index contributed by atoms with van der Waals surface area (Å²) in [6.07, 6.45) is 15.1. The topological polar surface area (TPSA) is 38.1 Å². The molecule has 0 fully saturated rings. The van der Waals surface area contributed by atoms with E-state index in [1.807, 2.05) is 24.3 Å². The summed E-state index contributed by atoms with van der Waals surface area (Å²) in [6.45, 7) is 8.00. The summed E-state index contributed by atoms with van der Waals surface area (Å²) < 4.78 is 2.39. The van der Waals surface area contributed by atoms with E-state index in [1.165, 1.54) is 48.4 Å². The van der Waals surface area contributed by atoms with Gasteiger partial charge in [0.05, 0.1) is 11.2 Å². The molecule has 0 aliphatic heterocycles. The molecule has 35 heavy (non-hydrogen) atoms. The van der Waals surface area contributed by atoms with Gasteiger partial charge in [-0.2, -0.15) is 0 Å². The predicted octanol–water partition coefficient (Wildman–Crippen LogP) is 6.75. The molecule has 3 aromatic rings. The molecule has 6 heteroatoms. The zero-order chi connectivity index (χ0) is 24.4. The van der Waals surface area contributed by atoms with Gasteiger partial charge in [0.15, 0.2) is 0 Å². The Morgan fingerprint density at radius 2 is 2.06 bits per heavy atom. The standard InChI is InChI=1S/C29H32ClN3OS/c1-3-14-32(4-2)18-20-8-9-23-16-25(13-11-22(23)15-20)33-19-31-26-17-27(35-28(26)29(33)34)21-6-5-7-24(30)12-10-21/h6-7,10-13,16-17,19-20H,3-5,8-9,14-15,18H2,1-2H3. The maximum absolute atomic E-state index is 13.4. The normalized spacial score (nSPS) is 17.9. The van der Waals surface area contributed by atoms with Gasteiger partial charge in [-0.1, -0.05) is 49.7 Å². The van der Waals surface area contributed by atoms with E-state index in [1.54, 1.807) is 10.9 Å². The number of halogens is 1. The molecule has 5 rings (SSSR count). The first-order valence-electron chi connectivity index (χ1n) is 12.7. The van der Waals surface area contributed by atoms with Crippen LogP contribution < -0.4 is 5.56 Å². The lowest BCUT2D eigenvalue weighted by Gasteiger charge is -2.30. The molecule has 0 bridgehead atoms. The van der Waals surface area contributed by atoms with Crippen LogP contribution in [-0.2, 0) is 12.8 Å². The molecule has 0 saturated heterocycles. The quantitative estimate of drug-likeness (QED) is 0.356. The molecule has 2 aliphatic carbocycles. The van der Waals surface area contributed by atoms with Crippen LogP contribution in [0.5, 0.6) is 0 Å². The number of thiophene rings is 1. The fourth-order valence-corrected chi connectivity index (χ4v) is 6.42. The lowest BCUT2D eigenvalue weighted by Crippen LogP contribution is -2.32. The number of hydrogen-bond donors (Lipinski definition) is 0. The number of benzene rings is 1. The van der Waals surface area contributed by atoms with Crippen molar-refractivity contribution in [3.63, 3.8) is 0 Å². The van der Waals surface area contributed by atoms with E-state index < -0.39 is 0 Å². The molecule has 0 N–H and O–H groups in total. The van der Waals surface area contributed by atoms with Crippen molar-refractivity contribution in [2.24, 2.45) is 5.92 Å². The minimum atomic E-state index is -0.00704. The van der Waals surface area contributed by atoms with Crippen LogP contribution in [0.2, 0.25) is 0 Å². The lowest BCUT2D eigenvalue weighted by atomic mass is 9.83. The second-order valence-corrected chi connectivity index (χ2v) is 11.0. The number of hydrogen-bond acceptors (Lipinski definition) is 4. The summed E-state index contributed by atoms with van der Waals surface area (Å²) in [5, 5.41) is 0.736. The largest absolute Gasteiger partial charge is 0.303 e. The smallest absolute Gasteiger partial charge is 0.275 e. The Morgan fingerprint density at radius 3 is 2.89 bits per heavy atom. The van der Waals surface area contributed by atoms with E-state index in [4.69, 9.17) is 11.6 Å². The Balaban J connectivity index is 1.39. The van der Waals surface area contributed by atoms with Crippen molar-refractivity contribution in [2.75, 3.05) is 19.6 Å². The third-order valence-electron chi connectivity index (χ3n) is 7.10. The number of allylic oxidation sites excluding steroid dienone is 6. The van der Waals surface area contributed by atoms with Gasteiger partial charge in [0.1, 0.15) is 11.0 Å². The molecule has 1 unspecified atom stereocenters. The minimum Gasteiger partial charge on any atom is -0.303 e. The summed E-state index contributed by atoms with van der Waals surface area (Å²) in [6, 6.07) is 8.51. The SMILES string of the molecule is CCCN(CC)CC1CCc2cc(-n3cnc4cc(C5=CCC=C(Cl)C=C5)sc4c3=O)ccc2C1. The van der Waals surface area contributed by atoms with Crippen LogP contribution in [0.3, 0.4) is 0 Å². The highest BCUT2D eigenvalue weighted by molar-refractivity contribution is 7.20. The van der Waals surface area contributed by atoms with Gasteiger partial charge in [0.2, 0.25) is 0 Å². The molecule has 1 atom stereocenters. The lowest BCUT2D eigenvalue weighted by molar-refractivity contribution is 0.229. The van der Waals surface area contributed by atoms with Crippen molar-refractivity contribution in [1.29, 1.82) is 0 Å². The zero-order valence-corrected chi connectivity index (χ0v) is 22.0. The average Bonchev–Trinajstić information content (AvgIpc) is 3.19. The van der Waals surface area contributed by atoms with E-state index >= 15 is 0 Å². The van der Waals surface area contributed by atoms with E-state index in [-0.39, 0.29) is 5.56 Å². The Labute approximate surface area is 216 Å². The van der Waals surface area contributed by atoms with Crippen molar-refractivity contribution in [2.45, 2.75) is 46.0 Å². The summed E-state index contributed by atoms with van der Waals surface area (Å²) in [4.78, 5) is 21.7. The molecule has 0 saturated carbocycles. The fourth-order valence-electron chi connectivity index (χ4n) is 5.21. The molecule has 4 nitrogen and oxygen atoms in total. The minimum absolute atomic E-state index is 0.00704. The van der Waals surface area contributed by atoms with Crippen LogP contribution in [0.4, 0.5) is 0 Å². The van der Waals surface area contributed by atoms with Crippen LogP contribution in [0.1, 0.15) is 49.1 Å². The van der Waals surface area contributed by atoms with Gasteiger partial charge in [0.25, 0.3) is 5.56 Å². The second kappa shape index (κ2) is 10.7. The third kappa shape index (κ3) is 5.23. The van der Waals surface area contributed by atoms with E-state index in [0.29, 0.717) is 10.6 Å². The molecule has 1 aromatic carbocycles. The third-order valence-corrected chi connectivity index (χ3v) is 8.54. The monoisotopic (exact) mass is 505 g/mol. The fraction of sp³-hybridized carbons (Fsp3) is 0.379. The number of rotatable bonds is 7. The van der Waals surface area contributed by atoms with Crippen LogP contribution in [-0.4, -0.2) is 34.1 Å². The highest BCUT2D eigenvalue weighted by Crippen LogP contribution is 2.31. The van der Waals surface area contributed by atoms with Crippen LogP contribution >= 0.6 is 22.9 Å². The Morgan fingerprint density at radius 1 is 1.17 bits per heavy atom. The van der Waals surface area contributed by atoms with Gasteiger partial charge in [-0.15, -0.1) is 11.3 Å². The first kappa shape index (κ1) is 24.2. The van der Waals surface area contributed by atoms with Gasteiger partial charge in [0, 0.05) is 16.5 Å². The molecule has 2 heterocycles. The summed E-state index contributed by atoms with van der Waals surface area (Å²) in [7, 11) is 0.